The second-order valence-electron chi connectivity index (χ2n) is 9.37. The highest BCUT2D eigenvalue weighted by molar-refractivity contribution is 8.93. The number of rotatable bonds is 5. The quantitative estimate of drug-likeness (QED) is 0.292. The van der Waals surface area contributed by atoms with Crippen molar-refractivity contribution in [3.8, 4) is 11.1 Å². The molecular formula is C28H30BrN3OS. The number of piperidine rings is 1. The first kappa shape index (κ1) is 24.6. The largest absolute Gasteiger partial charge is 0.322 e. The minimum atomic E-state index is -0.0918. The highest BCUT2D eigenvalue weighted by Gasteiger charge is 2.23. The van der Waals surface area contributed by atoms with E-state index in [0.29, 0.717) is 17.4 Å². The maximum Gasteiger partial charge on any atom is 0.255 e. The Morgan fingerprint density at radius 3 is 2.56 bits per heavy atom. The Kier molecular flexibility index (Phi) is 7.81. The number of aromatic nitrogens is 1. The molecule has 1 fully saturated rings. The third kappa shape index (κ3) is 5.57. The lowest BCUT2D eigenvalue weighted by molar-refractivity contribution is 0.102. The van der Waals surface area contributed by atoms with Crippen LogP contribution in [0, 0.1) is 11.8 Å². The maximum atomic E-state index is 13.1. The number of halogens is 1. The number of amides is 1. The molecule has 2 unspecified atom stereocenters. The fraction of sp³-hybridized carbons (Fsp3) is 0.286. The summed E-state index contributed by atoms with van der Waals surface area (Å²) in [5.74, 6) is 1.30. The third-order valence-electron chi connectivity index (χ3n) is 6.38. The van der Waals surface area contributed by atoms with E-state index in [0.717, 1.165) is 35.5 Å². The Morgan fingerprint density at radius 2 is 1.79 bits per heavy atom. The summed E-state index contributed by atoms with van der Waals surface area (Å²) in [7, 11) is 0. The molecule has 176 valence electrons. The van der Waals surface area contributed by atoms with Crippen molar-refractivity contribution in [2.75, 3.05) is 18.4 Å². The van der Waals surface area contributed by atoms with Crippen molar-refractivity contribution in [1.29, 1.82) is 0 Å². The minimum Gasteiger partial charge on any atom is -0.322 e. The van der Waals surface area contributed by atoms with Crippen LogP contribution >= 0.6 is 28.3 Å². The van der Waals surface area contributed by atoms with Crippen molar-refractivity contribution in [2.24, 2.45) is 11.8 Å². The zero-order valence-corrected chi connectivity index (χ0v) is 22.1. The second kappa shape index (κ2) is 10.8. The first-order valence-corrected chi connectivity index (χ1v) is 12.5. The molecule has 4 nitrogen and oxygen atoms in total. The summed E-state index contributed by atoms with van der Waals surface area (Å²) < 4.78 is 1.12. The molecule has 34 heavy (non-hydrogen) atoms. The van der Waals surface area contributed by atoms with Crippen LogP contribution in [-0.2, 0) is 6.54 Å². The van der Waals surface area contributed by atoms with E-state index in [1.54, 1.807) is 11.3 Å². The van der Waals surface area contributed by atoms with Gasteiger partial charge in [0.1, 0.15) is 0 Å². The van der Waals surface area contributed by atoms with Crippen LogP contribution < -0.4 is 5.32 Å². The van der Waals surface area contributed by atoms with E-state index in [1.165, 1.54) is 23.1 Å². The number of carbonyl (C=O) groups is 1. The summed E-state index contributed by atoms with van der Waals surface area (Å²) in [6.45, 7) is 7.73. The molecule has 4 aromatic rings. The van der Waals surface area contributed by atoms with E-state index < -0.39 is 0 Å². The SMILES string of the molecule is Br.CC1CC(C)CN(Cc2cc(C(=O)Nc3ccc4scnc4c3)ccc2-c2ccccc2)C1. The fourth-order valence-corrected chi connectivity index (χ4v) is 5.72. The van der Waals surface area contributed by atoms with Gasteiger partial charge in [0.2, 0.25) is 0 Å². The first-order chi connectivity index (χ1) is 16.0. The second-order valence-corrected chi connectivity index (χ2v) is 10.3. The lowest BCUT2D eigenvalue weighted by atomic mass is 9.90. The van der Waals surface area contributed by atoms with Crippen LogP contribution in [0.15, 0.2) is 72.2 Å². The van der Waals surface area contributed by atoms with Gasteiger partial charge in [-0.1, -0.05) is 50.2 Å². The molecule has 1 N–H and O–H groups in total. The highest BCUT2D eigenvalue weighted by Crippen LogP contribution is 2.29. The number of nitrogens with zero attached hydrogens (tertiary/aromatic N) is 2. The van der Waals surface area contributed by atoms with Crippen LogP contribution in [0.25, 0.3) is 21.3 Å². The number of fused-ring (bicyclic) bond motifs is 1. The normalized spacial score (nSPS) is 18.4. The Balaban J connectivity index is 0.00000274. The summed E-state index contributed by atoms with van der Waals surface area (Å²) in [6, 6.07) is 22.4. The topological polar surface area (TPSA) is 45.2 Å². The van der Waals surface area contributed by atoms with E-state index in [2.05, 4.69) is 65.4 Å². The van der Waals surface area contributed by atoms with Gasteiger partial charge >= 0.3 is 0 Å². The molecule has 6 heteroatoms. The predicted molar refractivity (Wildman–Crippen MR) is 148 cm³/mol. The molecule has 1 saturated heterocycles. The van der Waals surface area contributed by atoms with Crippen LogP contribution in [-0.4, -0.2) is 28.9 Å². The van der Waals surface area contributed by atoms with Crippen molar-refractivity contribution in [2.45, 2.75) is 26.8 Å². The number of thiazole rings is 1. The molecule has 1 aromatic heterocycles. The van der Waals surface area contributed by atoms with Crippen molar-refractivity contribution in [3.63, 3.8) is 0 Å². The van der Waals surface area contributed by atoms with Gasteiger partial charge in [0.05, 0.1) is 15.7 Å². The number of benzene rings is 3. The smallest absolute Gasteiger partial charge is 0.255 e. The number of anilines is 1. The number of nitrogens with one attached hydrogen (secondary N) is 1. The molecule has 0 saturated carbocycles. The predicted octanol–water partition coefficient (Wildman–Crippen LogP) is 7.27. The Bertz CT molecular complexity index is 1260. The number of likely N-dealkylation sites (tertiary alicyclic amines) is 1. The lowest BCUT2D eigenvalue weighted by Crippen LogP contribution is -2.38. The van der Waals surface area contributed by atoms with Crippen LogP contribution in [0.1, 0.15) is 36.2 Å². The van der Waals surface area contributed by atoms with Crippen LogP contribution in [0.3, 0.4) is 0 Å². The van der Waals surface area contributed by atoms with Gasteiger partial charge in [-0.2, -0.15) is 0 Å². The Morgan fingerprint density at radius 1 is 1.03 bits per heavy atom. The van der Waals surface area contributed by atoms with Gasteiger partial charge < -0.3 is 5.32 Å². The van der Waals surface area contributed by atoms with Gasteiger partial charge in [0.25, 0.3) is 5.91 Å². The molecule has 2 heterocycles. The maximum absolute atomic E-state index is 13.1. The summed E-state index contributed by atoms with van der Waals surface area (Å²) in [6.07, 6.45) is 1.29. The number of hydrogen-bond donors (Lipinski definition) is 1. The third-order valence-corrected chi connectivity index (χ3v) is 7.19. The van der Waals surface area contributed by atoms with Gasteiger partial charge in [-0.3, -0.25) is 9.69 Å². The van der Waals surface area contributed by atoms with Gasteiger partial charge in [0.15, 0.2) is 0 Å². The van der Waals surface area contributed by atoms with E-state index >= 15 is 0 Å². The van der Waals surface area contributed by atoms with E-state index in [4.69, 9.17) is 0 Å². The lowest BCUT2D eigenvalue weighted by Gasteiger charge is -2.35. The molecule has 1 amide bonds. The van der Waals surface area contributed by atoms with Gasteiger partial charge in [-0.25, -0.2) is 4.98 Å². The fourth-order valence-electron chi connectivity index (χ4n) is 5.07. The van der Waals surface area contributed by atoms with Crippen LogP contribution in [0.4, 0.5) is 5.69 Å². The van der Waals surface area contributed by atoms with Crippen molar-refractivity contribution >= 4 is 50.1 Å². The molecule has 0 spiro atoms. The van der Waals surface area contributed by atoms with Crippen LogP contribution in [0.5, 0.6) is 0 Å². The first-order valence-electron chi connectivity index (χ1n) is 11.6. The van der Waals surface area contributed by atoms with Gasteiger partial charge in [0, 0.05) is 30.9 Å². The molecule has 1 aliphatic heterocycles. The number of carbonyl (C=O) groups excluding carboxylic acids is 1. The van der Waals surface area contributed by atoms with Gasteiger partial charge in [-0.15, -0.1) is 28.3 Å². The molecular weight excluding hydrogens is 506 g/mol. The zero-order valence-electron chi connectivity index (χ0n) is 19.5. The minimum absolute atomic E-state index is 0. The van der Waals surface area contributed by atoms with E-state index in [9.17, 15) is 4.79 Å². The highest BCUT2D eigenvalue weighted by atomic mass is 79.9. The van der Waals surface area contributed by atoms with Crippen molar-refractivity contribution in [1.82, 2.24) is 9.88 Å². The van der Waals surface area contributed by atoms with Crippen molar-refractivity contribution < 1.29 is 4.79 Å². The monoisotopic (exact) mass is 535 g/mol. The Labute approximate surface area is 215 Å². The van der Waals surface area contributed by atoms with Crippen LogP contribution in [0.2, 0.25) is 0 Å². The summed E-state index contributed by atoms with van der Waals surface area (Å²) in [4.78, 5) is 20.0. The average Bonchev–Trinajstić information content (AvgIpc) is 3.27. The summed E-state index contributed by atoms with van der Waals surface area (Å²) >= 11 is 1.60. The zero-order chi connectivity index (χ0) is 22.8. The molecule has 0 bridgehead atoms. The molecule has 2 atom stereocenters. The van der Waals surface area contributed by atoms with Gasteiger partial charge in [-0.05, 0) is 65.3 Å². The molecule has 0 aliphatic carbocycles. The summed E-state index contributed by atoms with van der Waals surface area (Å²) in [5, 5.41) is 3.06. The Hall–Kier alpha value is -2.54. The van der Waals surface area contributed by atoms with E-state index in [-0.39, 0.29) is 22.9 Å². The molecule has 5 rings (SSSR count). The molecule has 3 aromatic carbocycles. The number of hydrogen-bond acceptors (Lipinski definition) is 4. The molecule has 1 aliphatic rings. The average molecular weight is 537 g/mol. The summed E-state index contributed by atoms with van der Waals surface area (Å²) in [5.41, 5.74) is 7.77. The molecule has 0 radical (unpaired) electrons. The standard InChI is InChI=1S/C28H29N3OS.BrH/c1-19-12-20(2)16-31(15-19)17-23-13-22(8-10-25(23)21-6-4-3-5-7-21)28(32)30-24-9-11-27-26(14-24)29-18-33-27;/h3-11,13-14,18-20H,12,15-17H2,1-2H3,(H,30,32);1H. The van der Waals surface area contributed by atoms with E-state index in [1.807, 2.05) is 35.8 Å². The van der Waals surface area contributed by atoms with Crippen molar-refractivity contribution in [3.05, 3.63) is 83.4 Å².